The number of amides is 1. The first kappa shape index (κ1) is 20.4. The third-order valence-corrected chi connectivity index (χ3v) is 3.63. The van der Waals surface area contributed by atoms with Gasteiger partial charge in [-0.3, -0.25) is 15.1 Å². The van der Waals surface area contributed by atoms with Gasteiger partial charge in [0.25, 0.3) is 5.91 Å². The van der Waals surface area contributed by atoms with E-state index in [9.17, 15) is 4.79 Å². The Balaban J connectivity index is 0.000000730. The maximum atomic E-state index is 12.0. The van der Waals surface area contributed by atoms with E-state index in [0.29, 0.717) is 5.13 Å². The highest BCUT2D eigenvalue weighted by Gasteiger charge is 2.10. The molecule has 1 N–H and O–H groups in total. The Kier molecular flexibility index (Phi) is 9.03. The van der Waals surface area contributed by atoms with Crippen molar-refractivity contribution in [2.45, 2.75) is 34.6 Å². The molecule has 0 atom stereocenters. The summed E-state index contributed by atoms with van der Waals surface area (Å²) >= 11 is 1.38. The molecule has 25 heavy (non-hydrogen) atoms. The number of thiazole rings is 1. The van der Waals surface area contributed by atoms with E-state index in [1.165, 1.54) is 35.5 Å². The van der Waals surface area contributed by atoms with Crippen LogP contribution in [0.15, 0.2) is 48.2 Å². The van der Waals surface area contributed by atoms with Crippen molar-refractivity contribution in [1.82, 2.24) is 15.0 Å². The fourth-order valence-corrected chi connectivity index (χ4v) is 2.48. The Morgan fingerprint density at radius 3 is 2.32 bits per heavy atom. The summed E-state index contributed by atoms with van der Waals surface area (Å²) in [5.41, 5.74) is 3.33. The highest BCUT2D eigenvalue weighted by Crippen LogP contribution is 2.25. The van der Waals surface area contributed by atoms with Crippen LogP contribution in [0.5, 0.6) is 0 Å². The molecule has 0 fully saturated rings. The van der Waals surface area contributed by atoms with E-state index in [2.05, 4.69) is 20.3 Å². The number of rotatable bonds is 3. The molecule has 0 saturated carbocycles. The minimum Gasteiger partial charge on any atom is -0.296 e. The topological polar surface area (TPSA) is 67.8 Å². The van der Waals surface area contributed by atoms with E-state index in [0.717, 1.165) is 11.3 Å². The van der Waals surface area contributed by atoms with Crippen molar-refractivity contribution in [2.24, 2.45) is 0 Å². The Morgan fingerprint density at radius 1 is 1.04 bits per heavy atom. The molecule has 3 rings (SSSR count). The molecule has 2 aromatic heterocycles. The molecule has 0 saturated heterocycles. The van der Waals surface area contributed by atoms with E-state index >= 15 is 0 Å². The largest absolute Gasteiger partial charge is 0.296 e. The minimum absolute atomic E-state index is 0.268. The number of nitrogens with one attached hydrogen (secondary N) is 1. The zero-order valence-electron chi connectivity index (χ0n) is 15.3. The summed E-state index contributed by atoms with van der Waals surface area (Å²) in [6.45, 7) is 10.0. The fourth-order valence-electron chi connectivity index (χ4n) is 1.77. The summed E-state index contributed by atoms with van der Waals surface area (Å²) in [7, 11) is 0. The average molecular weight is 356 g/mol. The molecule has 6 heteroatoms. The summed E-state index contributed by atoms with van der Waals surface area (Å²) in [5, 5.41) is 5.18. The molecule has 0 aliphatic rings. The summed E-state index contributed by atoms with van der Waals surface area (Å²) in [5.74, 6) is -0.312. The van der Waals surface area contributed by atoms with Crippen molar-refractivity contribution < 1.29 is 4.79 Å². The molecule has 0 aliphatic carbocycles. The van der Waals surface area contributed by atoms with Gasteiger partial charge in [0.2, 0.25) is 0 Å². The van der Waals surface area contributed by atoms with Crippen LogP contribution in [0.2, 0.25) is 0 Å². The van der Waals surface area contributed by atoms with Gasteiger partial charge in [0.1, 0.15) is 5.69 Å². The van der Waals surface area contributed by atoms with Gasteiger partial charge in [-0.25, -0.2) is 9.97 Å². The number of anilines is 1. The zero-order chi connectivity index (χ0) is 18.7. The van der Waals surface area contributed by atoms with Gasteiger partial charge >= 0.3 is 0 Å². The van der Waals surface area contributed by atoms with Gasteiger partial charge in [0.15, 0.2) is 5.13 Å². The number of hydrogen-bond donors (Lipinski definition) is 1. The van der Waals surface area contributed by atoms with Crippen LogP contribution in [0.3, 0.4) is 0 Å². The van der Waals surface area contributed by atoms with Crippen molar-refractivity contribution >= 4 is 22.4 Å². The molecule has 0 unspecified atom stereocenters. The Hall–Kier alpha value is -2.60. The minimum atomic E-state index is -0.312. The number of aryl methyl sites for hydroxylation is 1. The lowest BCUT2D eigenvalue weighted by Gasteiger charge is -2.00. The number of nitrogens with zero attached hydrogens (tertiary/aromatic N) is 3. The predicted molar refractivity (Wildman–Crippen MR) is 105 cm³/mol. The lowest BCUT2D eigenvalue weighted by molar-refractivity contribution is 0.102. The first-order valence-electron chi connectivity index (χ1n) is 8.32. The predicted octanol–water partition coefficient (Wildman–Crippen LogP) is 5.21. The Morgan fingerprint density at radius 2 is 1.72 bits per heavy atom. The number of hydrogen-bond acceptors (Lipinski definition) is 5. The van der Waals surface area contributed by atoms with Gasteiger partial charge in [-0.1, -0.05) is 57.5 Å². The molecule has 5 nitrogen and oxygen atoms in total. The van der Waals surface area contributed by atoms with Crippen molar-refractivity contribution in [3.8, 4) is 11.3 Å². The first-order chi connectivity index (χ1) is 12.2. The lowest BCUT2D eigenvalue weighted by atomic mass is 10.1. The summed E-state index contributed by atoms with van der Waals surface area (Å²) in [6.07, 6.45) is 4.42. The highest BCUT2D eigenvalue weighted by atomic mass is 32.1. The number of carbonyl (C=O) groups is 1. The second-order valence-electron chi connectivity index (χ2n) is 4.45. The van der Waals surface area contributed by atoms with Crippen LogP contribution < -0.4 is 5.32 Å². The van der Waals surface area contributed by atoms with Gasteiger partial charge in [0.05, 0.1) is 11.9 Å². The van der Waals surface area contributed by atoms with E-state index in [1.807, 2.05) is 64.3 Å². The second-order valence-corrected chi connectivity index (χ2v) is 5.31. The van der Waals surface area contributed by atoms with Gasteiger partial charge in [-0.05, 0) is 6.92 Å². The summed E-state index contributed by atoms with van der Waals surface area (Å²) < 4.78 is 0. The van der Waals surface area contributed by atoms with Crippen molar-refractivity contribution in [2.75, 3.05) is 5.32 Å². The standard InChI is InChI=1S/C15H12N4OS.2C2H6/c1-10-2-4-11(5-3-10)13-9-21-15(18-13)19-14(20)12-8-16-6-7-17-12;2*1-2/h2-9H,1H3,(H,18,19,20);2*1-2H3. The Bertz CT molecular complexity index is 755. The van der Waals surface area contributed by atoms with Crippen molar-refractivity contribution in [3.05, 3.63) is 59.5 Å². The van der Waals surface area contributed by atoms with Gasteiger partial charge < -0.3 is 0 Å². The molecular weight excluding hydrogens is 332 g/mol. The van der Waals surface area contributed by atoms with Crippen LogP contribution in [0.25, 0.3) is 11.3 Å². The molecule has 0 radical (unpaired) electrons. The third kappa shape index (κ3) is 6.08. The lowest BCUT2D eigenvalue weighted by Crippen LogP contribution is -2.13. The molecule has 1 amide bonds. The molecule has 2 heterocycles. The maximum Gasteiger partial charge on any atom is 0.277 e. The number of benzene rings is 1. The molecule has 3 aromatic rings. The Labute approximate surface area is 153 Å². The average Bonchev–Trinajstić information content (AvgIpc) is 3.15. The first-order valence-corrected chi connectivity index (χ1v) is 9.20. The van der Waals surface area contributed by atoms with Crippen LogP contribution in [-0.4, -0.2) is 20.9 Å². The van der Waals surface area contributed by atoms with Crippen molar-refractivity contribution in [3.63, 3.8) is 0 Å². The van der Waals surface area contributed by atoms with Crippen LogP contribution >= 0.6 is 11.3 Å². The third-order valence-electron chi connectivity index (χ3n) is 2.87. The van der Waals surface area contributed by atoms with E-state index in [4.69, 9.17) is 0 Å². The number of carbonyl (C=O) groups excluding carboxylic acids is 1. The molecular formula is C19H24N4OS. The molecule has 1 aromatic carbocycles. The molecule has 0 aliphatic heterocycles. The molecule has 132 valence electrons. The van der Waals surface area contributed by atoms with Crippen LogP contribution in [0.4, 0.5) is 5.13 Å². The quantitative estimate of drug-likeness (QED) is 0.699. The van der Waals surface area contributed by atoms with Crippen molar-refractivity contribution in [1.29, 1.82) is 0 Å². The van der Waals surface area contributed by atoms with Crippen LogP contribution in [0, 0.1) is 6.92 Å². The van der Waals surface area contributed by atoms with Crippen LogP contribution in [-0.2, 0) is 0 Å². The molecule has 0 bridgehead atoms. The second kappa shape index (κ2) is 11.0. The van der Waals surface area contributed by atoms with Gasteiger partial charge in [-0.15, -0.1) is 11.3 Å². The number of aromatic nitrogens is 3. The van der Waals surface area contributed by atoms with Gasteiger partial charge in [0, 0.05) is 23.3 Å². The highest BCUT2D eigenvalue weighted by molar-refractivity contribution is 7.14. The maximum absolute atomic E-state index is 12.0. The van der Waals surface area contributed by atoms with Gasteiger partial charge in [-0.2, -0.15) is 0 Å². The zero-order valence-corrected chi connectivity index (χ0v) is 16.1. The normalized spacial score (nSPS) is 9.16. The van der Waals surface area contributed by atoms with E-state index in [1.54, 1.807) is 0 Å². The smallest absolute Gasteiger partial charge is 0.277 e. The summed E-state index contributed by atoms with van der Waals surface area (Å²) in [4.78, 5) is 24.2. The van der Waals surface area contributed by atoms with E-state index in [-0.39, 0.29) is 11.6 Å². The summed E-state index contributed by atoms with van der Waals surface area (Å²) in [6, 6.07) is 8.09. The van der Waals surface area contributed by atoms with Crippen LogP contribution in [0.1, 0.15) is 43.7 Å². The van der Waals surface area contributed by atoms with E-state index < -0.39 is 0 Å². The fraction of sp³-hybridized carbons (Fsp3) is 0.263. The molecule has 0 spiro atoms. The SMILES string of the molecule is CC.CC.Cc1ccc(-c2csc(NC(=O)c3cnccn3)n2)cc1. The monoisotopic (exact) mass is 356 g/mol.